The molecule has 0 aromatic rings. The Kier molecular flexibility index (Phi) is 7.81. The van der Waals surface area contributed by atoms with Crippen molar-refractivity contribution in [2.24, 2.45) is 0 Å². The molecule has 0 bridgehead atoms. The van der Waals surface area contributed by atoms with Crippen LogP contribution >= 0.6 is 0 Å². The van der Waals surface area contributed by atoms with Crippen molar-refractivity contribution < 1.29 is 18.3 Å². The van der Waals surface area contributed by atoms with Gasteiger partial charge in [0.15, 0.2) is 0 Å². The van der Waals surface area contributed by atoms with Gasteiger partial charge in [0.1, 0.15) is 0 Å². The first-order valence-corrected chi connectivity index (χ1v) is 9.09. The molecule has 2 aliphatic rings. The summed E-state index contributed by atoms with van der Waals surface area (Å²) in [6, 6.07) is -0.620. The van der Waals surface area contributed by atoms with Crippen LogP contribution in [-0.2, 0) is 9.47 Å². The second-order valence-electron chi connectivity index (χ2n) is 7.13. The zero-order chi connectivity index (χ0) is 17.6. The van der Waals surface area contributed by atoms with Crippen LogP contribution in [0.5, 0.6) is 0 Å². The van der Waals surface area contributed by atoms with E-state index in [2.05, 4.69) is 4.90 Å². The SMILES string of the molecule is COCCN1CCC(N2CCN(CCOC(C)C)CC2)C(F)(F)C1. The van der Waals surface area contributed by atoms with E-state index in [-0.39, 0.29) is 12.6 Å². The van der Waals surface area contributed by atoms with Crippen molar-refractivity contribution in [3.05, 3.63) is 0 Å². The quantitative estimate of drug-likeness (QED) is 0.660. The summed E-state index contributed by atoms with van der Waals surface area (Å²) in [5.41, 5.74) is 0. The van der Waals surface area contributed by atoms with Crippen molar-refractivity contribution in [3.63, 3.8) is 0 Å². The number of halogens is 2. The number of methoxy groups -OCH3 is 1. The third-order valence-corrected chi connectivity index (χ3v) is 4.96. The summed E-state index contributed by atoms with van der Waals surface area (Å²) in [4.78, 5) is 6.12. The zero-order valence-corrected chi connectivity index (χ0v) is 15.3. The molecule has 24 heavy (non-hydrogen) atoms. The van der Waals surface area contributed by atoms with E-state index in [0.29, 0.717) is 26.2 Å². The van der Waals surface area contributed by atoms with Crippen LogP contribution in [-0.4, -0.2) is 105 Å². The fraction of sp³-hybridized carbons (Fsp3) is 1.00. The first-order chi connectivity index (χ1) is 11.4. The average molecular weight is 349 g/mol. The van der Waals surface area contributed by atoms with Gasteiger partial charge in [0, 0.05) is 52.9 Å². The number of hydrogen-bond acceptors (Lipinski definition) is 5. The summed E-state index contributed by atoms with van der Waals surface area (Å²) in [5.74, 6) is -2.64. The second-order valence-corrected chi connectivity index (χ2v) is 7.13. The third-order valence-electron chi connectivity index (χ3n) is 4.96. The molecule has 7 heteroatoms. The molecular formula is C17H33F2N3O2. The predicted octanol–water partition coefficient (Wildman–Crippen LogP) is 1.39. The lowest BCUT2D eigenvalue weighted by atomic mass is 9.98. The number of rotatable bonds is 8. The molecule has 0 N–H and O–H groups in total. The van der Waals surface area contributed by atoms with Gasteiger partial charge in [-0.2, -0.15) is 0 Å². The minimum Gasteiger partial charge on any atom is -0.383 e. The van der Waals surface area contributed by atoms with E-state index >= 15 is 0 Å². The number of likely N-dealkylation sites (tertiary alicyclic amines) is 1. The molecule has 2 aliphatic heterocycles. The molecule has 0 aliphatic carbocycles. The highest BCUT2D eigenvalue weighted by molar-refractivity contribution is 4.94. The van der Waals surface area contributed by atoms with Crippen molar-refractivity contribution in [2.45, 2.75) is 38.3 Å². The number of hydrogen-bond donors (Lipinski definition) is 0. The maximum atomic E-state index is 14.6. The molecule has 0 radical (unpaired) electrons. The van der Waals surface area contributed by atoms with Crippen LogP contribution in [0.2, 0.25) is 0 Å². The first-order valence-electron chi connectivity index (χ1n) is 9.09. The summed E-state index contributed by atoms with van der Waals surface area (Å²) in [5, 5.41) is 0. The lowest BCUT2D eigenvalue weighted by Gasteiger charge is -2.46. The average Bonchev–Trinajstić information content (AvgIpc) is 2.53. The Hall–Kier alpha value is -0.340. The summed E-state index contributed by atoms with van der Waals surface area (Å²) >= 11 is 0. The summed E-state index contributed by atoms with van der Waals surface area (Å²) < 4.78 is 39.7. The maximum Gasteiger partial charge on any atom is 0.275 e. The van der Waals surface area contributed by atoms with Gasteiger partial charge in [-0.25, -0.2) is 8.78 Å². The number of ether oxygens (including phenoxy) is 2. The molecule has 5 nitrogen and oxygen atoms in total. The highest BCUT2D eigenvalue weighted by Gasteiger charge is 2.47. The minimum absolute atomic E-state index is 0.149. The van der Waals surface area contributed by atoms with E-state index < -0.39 is 12.0 Å². The van der Waals surface area contributed by atoms with Gasteiger partial charge in [-0.15, -0.1) is 0 Å². The smallest absolute Gasteiger partial charge is 0.275 e. The Morgan fingerprint density at radius 3 is 2.25 bits per heavy atom. The van der Waals surface area contributed by atoms with Crippen LogP contribution in [0.3, 0.4) is 0 Å². The van der Waals surface area contributed by atoms with Gasteiger partial charge >= 0.3 is 0 Å². The molecule has 0 saturated carbocycles. The van der Waals surface area contributed by atoms with Crippen LogP contribution in [0, 0.1) is 0 Å². The number of piperidine rings is 1. The summed E-state index contributed by atoms with van der Waals surface area (Å²) in [6.45, 7) is 10.5. The Balaban J connectivity index is 1.75. The van der Waals surface area contributed by atoms with Gasteiger partial charge in [0.05, 0.1) is 31.9 Å². The summed E-state index contributed by atoms with van der Waals surface area (Å²) in [6.07, 6.45) is 0.779. The molecule has 2 heterocycles. The summed E-state index contributed by atoms with van der Waals surface area (Å²) in [7, 11) is 1.61. The number of alkyl halides is 2. The van der Waals surface area contributed by atoms with Gasteiger partial charge < -0.3 is 9.47 Å². The van der Waals surface area contributed by atoms with E-state index in [1.165, 1.54) is 0 Å². The van der Waals surface area contributed by atoms with Crippen LogP contribution in [0.15, 0.2) is 0 Å². The van der Waals surface area contributed by atoms with Gasteiger partial charge in [-0.05, 0) is 20.3 Å². The van der Waals surface area contributed by atoms with Crippen LogP contribution in [0.4, 0.5) is 8.78 Å². The molecule has 0 aromatic heterocycles. The second kappa shape index (κ2) is 9.38. The molecule has 1 atom stereocenters. The van der Waals surface area contributed by atoms with Gasteiger partial charge in [-0.3, -0.25) is 14.7 Å². The van der Waals surface area contributed by atoms with Crippen molar-refractivity contribution in [1.29, 1.82) is 0 Å². The van der Waals surface area contributed by atoms with E-state index in [4.69, 9.17) is 9.47 Å². The third kappa shape index (κ3) is 5.88. The normalized spacial score (nSPS) is 27.0. The molecule has 0 aromatic carbocycles. The number of piperazine rings is 1. The van der Waals surface area contributed by atoms with Crippen molar-refractivity contribution in [1.82, 2.24) is 14.7 Å². The fourth-order valence-electron chi connectivity index (χ4n) is 3.58. The van der Waals surface area contributed by atoms with Gasteiger partial charge in [0.25, 0.3) is 5.92 Å². The standard InChI is InChI=1S/C17H33F2N3O2/c1-15(2)24-13-11-20-6-8-22(9-7-20)16-4-5-21(10-12-23-3)14-17(16,18)19/h15-16H,4-14H2,1-3H3. The minimum atomic E-state index is -2.64. The van der Waals surface area contributed by atoms with Gasteiger partial charge in [-0.1, -0.05) is 0 Å². The molecule has 2 saturated heterocycles. The largest absolute Gasteiger partial charge is 0.383 e. The van der Waals surface area contributed by atoms with Crippen LogP contribution in [0.25, 0.3) is 0 Å². The highest BCUT2D eigenvalue weighted by atomic mass is 19.3. The Bertz CT molecular complexity index is 364. The van der Waals surface area contributed by atoms with Crippen molar-refractivity contribution in [2.75, 3.05) is 72.7 Å². The van der Waals surface area contributed by atoms with E-state index in [0.717, 1.165) is 39.3 Å². The zero-order valence-electron chi connectivity index (χ0n) is 15.3. The van der Waals surface area contributed by atoms with Crippen LogP contribution in [0.1, 0.15) is 20.3 Å². The molecule has 1 unspecified atom stereocenters. The topological polar surface area (TPSA) is 28.2 Å². The van der Waals surface area contributed by atoms with Gasteiger partial charge in [0.2, 0.25) is 0 Å². The monoisotopic (exact) mass is 349 g/mol. The Labute approximate surface area is 144 Å². The Morgan fingerprint density at radius 1 is 1.00 bits per heavy atom. The molecule has 2 fully saturated rings. The molecule has 2 rings (SSSR count). The number of nitrogens with zero attached hydrogens (tertiary/aromatic N) is 3. The Morgan fingerprint density at radius 2 is 1.67 bits per heavy atom. The molecule has 0 amide bonds. The fourth-order valence-corrected chi connectivity index (χ4v) is 3.58. The molecule has 142 valence electrons. The highest BCUT2D eigenvalue weighted by Crippen LogP contribution is 2.31. The first kappa shape index (κ1) is 20.0. The predicted molar refractivity (Wildman–Crippen MR) is 90.8 cm³/mol. The molecular weight excluding hydrogens is 316 g/mol. The van der Waals surface area contributed by atoms with Crippen LogP contribution < -0.4 is 0 Å². The van der Waals surface area contributed by atoms with E-state index in [1.54, 1.807) is 7.11 Å². The van der Waals surface area contributed by atoms with E-state index in [9.17, 15) is 8.78 Å². The lowest BCUT2D eigenvalue weighted by Crippen LogP contribution is -2.62. The lowest BCUT2D eigenvalue weighted by molar-refractivity contribution is -0.135. The molecule has 0 spiro atoms. The van der Waals surface area contributed by atoms with Crippen molar-refractivity contribution in [3.8, 4) is 0 Å². The van der Waals surface area contributed by atoms with E-state index in [1.807, 2.05) is 23.6 Å². The van der Waals surface area contributed by atoms with Crippen molar-refractivity contribution >= 4 is 0 Å². The maximum absolute atomic E-state index is 14.6.